The van der Waals surface area contributed by atoms with Gasteiger partial charge in [0.1, 0.15) is 12.6 Å². The number of terminal acetylenes is 1. The van der Waals surface area contributed by atoms with Crippen molar-refractivity contribution in [2.24, 2.45) is 5.92 Å². The van der Waals surface area contributed by atoms with Crippen LogP contribution in [0.5, 0.6) is 0 Å². The van der Waals surface area contributed by atoms with E-state index >= 15 is 0 Å². The van der Waals surface area contributed by atoms with Crippen LogP contribution in [-0.2, 0) is 4.79 Å². The number of hydrogen-bond donors (Lipinski definition) is 1. The topological polar surface area (TPSA) is 21.5 Å². The van der Waals surface area contributed by atoms with E-state index < -0.39 is 0 Å². The van der Waals surface area contributed by atoms with E-state index in [1.807, 2.05) is 20.9 Å². The fourth-order valence-corrected chi connectivity index (χ4v) is 1.66. The van der Waals surface area contributed by atoms with E-state index in [9.17, 15) is 4.79 Å². The Morgan fingerprint density at radius 1 is 1.58 bits per heavy atom. The quantitative estimate of drug-likeness (QED) is 0.574. The molecule has 0 aromatic carbocycles. The van der Waals surface area contributed by atoms with Crippen molar-refractivity contribution in [3.63, 3.8) is 0 Å². The molecule has 0 heterocycles. The summed E-state index contributed by atoms with van der Waals surface area (Å²) in [6, 6.07) is 0.0426. The van der Waals surface area contributed by atoms with Crippen molar-refractivity contribution in [2.45, 2.75) is 26.8 Å². The van der Waals surface area contributed by atoms with Gasteiger partial charge in [-0.05, 0) is 5.92 Å². The highest BCUT2D eigenvalue weighted by Crippen LogP contribution is 1.98. The van der Waals surface area contributed by atoms with Crippen molar-refractivity contribution in [1.82, 2.24) is 0 Å². The van der Waals surface area contributed by atoms with Gasteiger partial charge in [0.2, 0.25) is 0 Å². The summed E-state index contributed by atoms with van der Waals surface area (Å²) in [4.78, 5) is 12.3. The molecule has 0 aromatic rings. The predicted octanol–water partition coefficient (Wildman–Crippen LogP) is -0.252. The number of Topliss-reactive ketones (excluding diaryl/α,β-unsaturated/α-hetero) is 1. The van der Waals surface area contributed by atoms with Gasteiger partial charge in [-0.15, -0.1) is 6.42 Å². The Labute approximate surface area is 74.9 Å². The highest BCUT2D eigenvalue weighted by Gasteiger charge is 2.25. The van der Waals surface area contributed by atoms with E-state index in [2.05, 4.69) is 5.92 Å². The van der Waals surface area contributed by atoms with Crippen molar-refractivity contribution in [3.05, 3.63) is 0 Å². The van der Waals surface area contributed by atoms with Crippen LogP contribution in [0.1, 0.15) is 20.8 Å². The van der Waals surface area contributed by atoms with Gasteiger partial charge in [-0.3, -0.25) is 4.79 Å². The summed E-state index contributed by atoms with van der Waals surface area (Å²) in [6.07, 6.45) is 5.19. The zero-order chi connectivity index (χ0) is 9.72. The molecule has 12 heavy (non-hydrogen) atoms. The Kier molecular flexibility index (Phi) is 4.61. The van der Waals surface area contributed by atoms with Crippen LogP contribution < -0.4 is 4.90 Å². The molecule has 0 aromatic heterocycles. The number of hydrogen-bond acceptors (Lipinski definition) is 1. The Hall–Kier alpha value is -0.810. The summed E-state index contributed by atoms with van der Waals surface area (Å²) in [5, 5.41) is 0. The monoisotopic (exact) mass is 168 g/mol. The van der Waals surface area contributed by atoms with Gasteiger partial charge in [0.05, 0.1) is 7.05 Å². The Morgan fingerprint density at radius 3 is 2.33 bits per heavy atom. The SMILES string of the molecule is C#CC[NH+](C)[C@@H](C(C)=O)C(C)C. The van der Waals surface area contributed by atoms with Crippen molar-refractivity contribution in [2.75, 3.05) is 13.6 Å². The zero-order valence-electron chi connectivity index (χ0n) is 8.35. The lowest BCUT2D eigenvalue weighted by Crippen LogP contribution is -3.14. The second-order valence-electron chi connectivity index (χ2n) is 3.56. The molecule has 0 radical (unpaired) electrons. The lowest BCUT2D eigenvalue weighted by molar-refractivity contribution is -0.892. The molecule has 0 bridgehead atoms. The maximum absolute atomic E-state index is 11.2. The molecule has 68 valence electrons. The second-order valence-corrected chi connectivity index (χ2v) is 3.56. The third-order valence-electron chi connectivity index (χ3n) is 2.02. The molecule has 2 atom stereocenters. The van der Waals surface area contributed by atoms with Gasteiger partial charge in [-0.25, -0.2) is 0 Å². The first-order valence-electron chi connectivity index (χ1n) is 4.27. The van der Waals surface area contributed by atoms with Gasteiger partial charge in [-0.2, -0.15) is 0 Å². The van der Waals surface area contributed by atoms with Crippen molar-refractivity contribution < 1.29 is 9.69 Å². The summed E-state index contributed by atoms with van der Waals surface area (Å²) in [7, 11) is 1.96. The highest BCUT2D eigenvalue weighted by molar-refractivity contribution is 5.80. The van der Waals surface area contributed by atoms with Crippen molar-refractivity contribution in [1.29, 1.82) is 0 Å². The molecule has 0 spiro atoms. The Bertz CT molecular complexity index is 191. The first-order chi connectivity index (χ1) is 5.50. The van der Waals surface area contributed by atoms with Crippen LogP contribution in [0, 0.1) is 18.3 Å². The average Bonchev–Trinajstić information content (AvgIpc) is 1.85. The number of carbonyl (C=O) groups is 1. The third-order valence-corrected chi connectivity index (χ3v) is 2.02. The number of rotatable bonds is 4. The average molecular weight is 168 g/mol. The molecule has 0 aliphatic carbocycles. The van der Waals surface area contributed by atoms with Crippen LogP contribution in [0.25, 0.3) is 0 Å². The standard InChI is InChI=1S/C10H17NO/c1-6-7-11(5)10(8(2)3)9(4)12/h1,8,10H,7H2,2-5H3/p+1/t10-/m1/s1. The van der Waals surface area contributed by atoms with Gasteiger partial charge in [0, 0.05) is 12.8 Å². The molecule has 0 saturated carbocycles. The van der Waals surface area contributed by atoms with Crippen LogP contribution in [-0.4, -0.2) is 25.4 Å². The van der Waals surface area contributed by atoms with E-state index in [0.717, 1.165) is 4.90 Å². The molecular formula is C10H18NO+. The summed E-state index contributed by atoms with van der Waals surface area (Å²) in [6.45, 7) is 6.34. The molecule has 1 unspecified atom stereocenters. The maximum atomic E-state index is 11.2. The molecule has 0 aliphatic heterocycles. The molecule has 1 N–H and O–H groups in total. The minimum absolute atomic E-state index is 0.0426. The Balaban J connectivity index is 4.31. The molecule has 0 amide bonds. The highest BCUT2D eigenvalue weighted by atomic mass is 16.1. The van der Waals surface area contributed by atoms with E-state index in [4.69, 9.17) is 6.42 Å². The molecule has 2 nitrogen and oxygen atoms in total. The summed E-state index contributed by atoms with van der Waals surface area (Å²) in [5.74, 6) is 3.15. The summed E-state index contributed by atoms with van der Waals surface area (Å²) >= 11 is 0. The normalized spacial score (nSPS) is 15.3. The molecule has 0 fully saturated rings. The largest absolute Gasteiger partial charge is 0.318 e. The number of quaternary nitrogens is 1. The predicted molar refractivity (Wildman–Crippen MR) is 49.9 cm³/mol. The lowest BCUT2D eigenvalue weighted by atomic mass is 9.99. The van der Waals surface area contributed by atoms with E-state index in [1.54, 1.807) is 6.92 Å². The van der Waals surface area contributed by atoms with Gasteiger partial charge in [0.15, 0.2) is 5.78 Å². The summed E-state index contributed by atoms with van der Waals surface area (Å²) < 4.78 is 0. The molecular weight excluding hydrogens is 150 g/mol. The van der Waals surface area contributed by atoms with Gasteiger partial charge < -0.3 is 4.90 Å². The molecule has 0 saturated heterocycles. The van der Waals surface area contributed by atoms with Gasteiger partial charge in [0.25, 0.3) is 0 Å². The third kappa shape index (κ3) is 3.06. The van der Waals surface area contributed by atoms with Crippen LogP contribution in [0.15, 0.2) is 0 Å². The van der Waals surface area contributed by atoms with Crippen molar-refractivity contribution >= 4 is 5.78 Å². The number of carbonyl (C=O) groups excluding carboxylic acids is 1. The lowest BCUT2D eigenvalue weighted by Gasteiger charge is -2.23. The first kappa shape index (κ1) is 11.2. The van der Waals surface area contributed by atoms with Crippen LogP contribution in [0.4, 0.5) is 0 Å². The maximum Gasteiger partial charge on any atom is 0.187 e. The smallest absolute Gasteiger partial charge is 0.187 e. The molecule has 0 rings (SSSR count). The van der Waals surface area contributed by atoms with Crippen LogP contribution in [0.3, 0.4) is 0 Å². The Morgan fingerprint density at radius 2 is 2.08 bits per heavy atom. The van der Waals surface area contributed by atoms with E-state index in [0.29, 0.717) is 12.5 Å². The second kappa shape index (κ2) is 4.95. The minimum atomic E-state index is 0.0426. The van der Waals surface area contributed by atoms with E-state index in [-0.39, 0.29) is 11.8 Å². The van der Waals surface area contributed by atoms with Crippen LogP contribution >= 0.6 is 0 Å². The van der Waals surface area contributed by atoms with Crippen LogP contribution in [0.2, 0.25) is 0 Å². The summed E-state index contributed by atoms with van der Waals surface area (Å²) in [5.41, 5.74) is 0. The van der Waals surface area contributed by atoms with Crippen molar-refractivity contribution in [3.8, 4) is 12.3 Å². The number of ketones is 1. The van der Waals surface area contributed by atoms with Gasteiger partial charge in [-0.1, -0.05) is 13.8 Å². The molecule has 0 aliphatic rings. The minimum Gasteiger partial charge on any atom is -0.318 e. The van der Waals surface area contributed by atoms with E-state index in [1.165, 1.54) is 0 Å². The number of nitrogens with one attached hydrogen (secondary N) is 1. The van der Waals surface area contributed by atoms with Gasteiger partial charge >= 0.3 is 0 Å². The first-order valence-corrected chi connectivity index (χ1v) is 4.27. The number of likely N-dealkylation sites (N-methyl/N-ethyl adjacent to an activating group) is 1. The fourth-order valence-electron chi connectivity index (χ4n) is 1.66. The zero-order valence-corrected chi connectivity index (χ0v) is 8.35. The fraction of sp³-hybridized carbons (Fsp3) is 0.700. The molecule has 2 heteroatoms.